The lowest BCUT2D eigenvalue weighted by atomic mass is 10.0. The second kappa shape index (κ2) is 8.93. The normalized spacial score (nSPS) is 20.5. The zero-order chi connectivity index (χ0) is 20.3. The Morgan fingerprint density at radius 1 is 0.931 bits per heavy atom. The van der Waals surface area contributed by atoms with Crippen LogP contribution in [0.1, 0.15) is 11.6 Å². The molecule has 7 nitrogen and oxygen atoms in total. The van der Waals surface area contributed by atoms with Crippen molar-refractivity contribution in [1.82, 2.24) is 14.1 Å². The van der Waals surface area contributed by atoms with Gasteiger partial charge >= 0.3 is 0 Å². The van der Waals surface area contributed by atoms with Crippen LogP contribution in [0.2, 0.25) is 0 Å². The minimum absolute atomic E-state index is 0.0639. The molecule has 0 aliphatic carbocycles. The Balaban J connectivity index is 1.51. The number of nitrogens with zero attached hydrogens (tertiary/aromatic N) is 3. The zero-order valence-electron chi connectivity index (χ0n) is 16.1. The summed E-state index contributed by atoms with van der Waals surface area (Å²) in [6.45, 7) is 4.07. The molecule has 0 radical (unpaired) electrons. The number of hydrogen-bond donors (Lipinski definition) is 0. The van der Waals surface area contributed by atoms with Crippen molar-refractivity contribution in [3.8, 4) is 0 Å². The third-order valence-corrected chi connectivity index (χ3v) is 8.67. The van der Waals surface area contributed by atoms with Gasteiger partial charge in [0.05, 0.1) is 13.2 Å². The molecule has 29 heavy (non-hydrogen) atoms. The Morgan fingerprint density at radius 3 is 2.24 bits per heavy atom. The molecular weight excluding hydrogens is 410 g/mol. The molecule has 9 heteroatoms. The summed E-state index contributed by atoms with van der Waals surface area (Å²) in [5.74, 6) is 0.0639. The van der Waals surface area contributed by atoms with Crippen LogP contribution < -0.4 is 0 Å². The van der Waals surface area contributed by atoms with Crippen LogP contribution in [0, 0.1) is 0 Å². The Hall–Kier alpha value is -1.78. The van der Waals surface area contributed by atoms with Gasteiger partial charge in [-0.05, 0) is 17.0 Å². The highest BCUT2D eigenvalue weighted by atomic mass is 32.2. The van der Waals surface area contributed by atoms with Crippen molar-refractivity contribution in [3.05, 3.63) is 53.4 Å². The largest absolute Gasteiger partial charge is 0.378 e. The van der Waals surface area contributed by atoms with Crippen molar-refractivity contribution in [2.75, 3.05) is 52.5 Å². The molecule has 4 rings (SSSR count). The molecule has 0 unspecified atom stereocenters. The number of piperazine rings is 1. The van der Waals surface area contributed by atoms with E-state index < -0.39 is 16.1 Å². The Kier molecular flexibility index (Phi) is 6.31. The molecular formula is C20H25N3O4S2. The van der Waals surface area contributed by atoms with Gasteiger partial charge in [-0.2, -0.15) is 4.31 Å². The van der Waals surface area contributed by atoms with Gasteiger partial charge in [-0.3, -0.25) is 9.69 Å². The summed E-state index contributed by atoms with van der Waals surface area (Å²) in [7, 11) is -3.46. The standard InChI is InChI=1S/C20H25N3O4S2/c24-20(22-12-14-27-15-13-22)19(17-5-2-1-3-6-17)21-8-10-23(11-9-21)29(25,26)18-7-4-16-28-18/h1-7,16,19H,8-15H2/t19-/m1/s1. The second-order valence-corrected chi connectivity index (χ2v) is 10.2. The molecule has 0 bridgehead atoms. The maximum Gasteiger partial charge on any atom is 0.252 e. The lowest BCUT2D eigenvalue weighted by Crippen LogP contribution is -2.53. The maximum atomic E-state index is 13.4. The smallest absolute Gasteiger partial charge is 0.252 e. The summed E-state index contributed by atoms with van der Waals surface area (Å²) in [5.41, 5.74) is 0.943. The Labute approximate surface area is 175 Å². The van der Waals surface area contributed by atoms with Crippen LogP contribution in [0.15, 0.2) is 52.1 Å². The molecule has 2 aliphatic heterocycles. The molecule has 1 aromatic heterocycles. The summed E-state index contributed by atoms with van der Waals surface area (Å²) < 4.78 is 32.9. The number of amides is 1. The van der Waals surface area contributed by atoms with Gasteiger partial charge in [-0.15, -0.1) is 11.3 Å². The van der Waals surface area contributed by atoms with Gasteiger partial charge in [0, 0.05) is 39.3 Å². The molecule has 0 spiro atoms. The molecule has 0 N–H and O–H groups in total. The van der Waals surface area contributed by atoms with Crippen LogP contribution in [0.5, 0.6) is 0 Å². The summed E-state index contributed by atoms with van der Waals surface area (Å²) in [6, 6.07) is 12.7. The highest BCUT2D eigenvalue weighted by Crippen LogP contribution is 2.28. The lowest BCUT2D eigenvalue weighted by molar-refractivity contribution is -0.142. The van der Waals surface area contributed by atoms with Gasteiger partial charge in [0.2, 0.25) is 5.91 Å². The highest BCUT2D eigenvalue weighted by molar-refractivity contribution is 7.91. The van der Waals surface area contributed by atoms with Gasteiger partial charge in [-0.1, -0.05) is 36.4 Å². The third-order valence-electron chi connectivity index (χ3n) is 5.40. The summed E-state index contributed by atoms with van der Waals surface area (Å²) in [5, 5.41) is 1.77. The van der Waals surface area contributed by atoms with Crippen molar-refractivity contribution in [1.29, 1.82) is 0 Å². The van der Waals surface area contributed by atoms with Crippen LogP contribution in [0.4, 0.5) is 0 Å². The molecule has 2 saturated heterocycles. The van der Waals surface area contributed by atoms with Crippen molar-refractivity contribution >= 4 is 27.3 Å². The first-order chi connectivity index (χ1) is 14.1. The SMILES string of the molecule is O=C([C@@H](c1ccccc1)N1CCN(S(=O)(=O)c2cccs2)CC1)N1CCOCC1. The number of hydrogen-bond acceptors (Lipinski definition) is 6. The summed E-state index contributed by atoms with van der Waals surface area (Å²) >= 11 is 1.24. The summed E-state index contributed by atoms with van der Waals surface area (Å²) in [6.07, 6.45) is 0. The molecule has 1 atom stereocenters. The fourth-order valence-corrected chi connectivity index (χ4v) is 6.41. The van der Waals surface area contributed by atoms with Gasteiger partial charge in [0.25, 0.3) is 10.0 Å². The maximum absolute atomic E-state index is 13.4. The average molecular weight is 436 g/mol. The number of carbonyl (C=O) groups excluding carboxylic acids is 1. The van der Waals surface area contributed by atoms with E-state index in [9.17, 15) is 13.2 Å². The van der Waals surface area contributed by atoms with Gasteiger partial charge in [-0.25, -0.2) is 8.42 Å². The fourth-order valence-electron chi connectivity index (χ4n) is 3.84. The molecule has 1 amide bonds. The Morgan fingerprint density at radius 2 is 1.62 bits per heavy atom. The van der Waals surface area contributed by atoms with Gasteiger partial charge in [0.15, 0.2) is 0 Å². The number of morpholine rings is 1. The van der Waals surface area contributed by atoms with Crippen LogP contribution in [-0.4, -0.2) is 80.9 Å². The lowest BCUT2D eigenvalue weighted by Gasteiger charge is -2.40. The van der Waals surface area contributed by atoms with Gasteiger partial charge in [0.1, 0.15) is 10.3 Å². The van der Waals surface area contributed by atoms with E-state index in [4.69, 9.17) is 4.74 Å². The monoisotopic (exact) mass is 435 g/mol. The van der Waals surface area contributed by atoms with E-state index in [1.807, 2.05) is 35.2 Å². The molecule has 3 heterocycles. The topological polar surface area (TPSA) is 70.2 Å². The van der Waals surface area contributed by atoms with E-state index in [0.29, 0.717) is 56.7 Å². The van der Waals surface area contributed by atoms with E-state index in [1.165, 1.54) is 15.6 Å². The van der Waals surface area contributed by atoms with Crippen LogP contribution in [-0.2, 0) is 19.6 Å². The quantitative estimate of drug-likeness (QED) is 0.714. The molecule has 0 saturated carbocycles. The molecule has 2 aromatic rings. The predicted molar refractivity (Wildman–Crippen MR) is 111 cm³/mol. The van der Waals surface area contributed by atoms with Crippen LogP contribution in [0.3, 0.4) is 0 Å². The van der Waals surface area contributed by atoms with E-state index >= 15 is 0 Å². The fraction of sp³-hybridized carbons (Fsp3) is 0.450. The molecule has 2 fully saturated rings. The number of ether oxygens (including phenoxy) is 1. The average Bonchev–Trinajstić information content (AvgIpc) is 3.32. The zero-order valence-corrected chi connectivity index (χ0v) is 17.8. The molecule has 1 aromatic carbocycles. The number of rotatable bonds is 5. The first kappa shape index (κ1) is 20.5. The van der Waals surface area contributed by atoms with Crippen molar-refractivity contribution in [3.63, 3.8) is 0 Å². The minimum atomic E-state index is -3.46. The van der Waals surface area contributed by atoms with Crippen molar-refractivity contribution in [2.24, 2.45) is 0 Å². The van der Waals surface area contributed by atoms with E-state index in [-0.39, 0.29) is 5.91 Å². The summed E-state index contributed by atoms with van der Waals surface area (Å²) in [4.78, 5) is 17.3. The van der Waals surface area contributed by atoms with Crippen LogP contribution >= 0.6 is 11.3 Å². The minimum Gasteiger partial charge on any atom is -0.378 e. The third kappa shape index (κ3) is 4.39. The van der Waals surface area contributed by atoms with Crippen LogP contribution in [0.25, 0.3) is 0 Å². The van der Waals surface area contributed by atoms with Crippen molar-refractivity contribution in [2.45, 2.75) is 10.3 Å². The van der Waals surface area contributed by atoms with Gasteiger partial charge < -0.3 is 9.64 Å². The number of benzene rings is 1. The predicted octanol–water partition coefficient (Wildman–Crippen LogP) is 1.65. The number of carbonyl (C=O) groups is 1. The molecule has 156 valence electrons. The number of sulfonamides is 1. The van der Waals surface area contributed by atoms with E-state index in [0.717, 1.165) is 5.56 Å². The first-order valence-corrected chi connectivity index (χ1v) is 12.1. The Bertz CT molecular complexity index is 904. The molecule has 2 aliphatic rings. The number of thiophene rings is 1. The first-order valence-electron chi connectivity index (χ1n) is 9.76. The van der Waals surface area contributed by atoms with Crippen molar-refractivity contribution < 1.29 is 17.9 Å². The van der Waals surface area contributed by atoms with E-state index in [1.54, 1.807) is 17.5 Å². The second-order valence-electron chi connectivity index (χ2n) is 7.12. The highest BCUT2D eigenvalue weighted by Gasteiger charge is 2.36. The van der Waals surface area contributed by atoms with E-state index in [2.05, 4.69) is 4.90 Å².